The Morgan fingerprint density at radius 1 is 1.28 bits per heavy atom. The summed E-state index contributed by atoms with van der Waals surface area (Å²) in [6.45, 7) is 1.28. The highest BCUT2D eigenvalue weighted by atomic mass is 16.3. The van der Waals surface area contributed by atoms with Crippen LogP contribution in [0.1, 0.15) is 47.4 Å². The molecule has 2 aliphatic rings. The molecule has 1 aliphatic carbocycles. The topological polar surface area (TPSA) is 69.2 Å². The Balaban J connectivity index is 1.78. The Kier molecular flexibility index (Phi) is 3.07. The fourth-order valence-electron chi connectivity index (χ4n) is 2.88. The van der Waals surface area contributed by atoms with E-state index in [2.05, 4.69) is 10.2 Å². The van der Waals surface area contributed by atoms with Gasteiger partial charge in [-0.1, -0.05) is 0 Å². The van der Waals surface area contributed by atoms with Crippen molar-refractivity contribution in [3.63, 3.8) is 0 Å². The fraction of sp³-hybridized carbons (Fsp3) is 0.692. The lowest BCUT2D eigenvalue weighted by atomic mass is 9.95. The molecule has 18 heavy (non-hydrogen) atoms. The van der Waals surface area contributed by atoms with Gasteiger partial charge in [-0.25, -0.2) is 0 Å². The number of likely N-dealkylation sites (tertiary alicyclic amines) is 1. The van der Waals surface area contributed by atoms with Crippen molar-refractivity contribution in [3.05, 3.63) is 17.0 Å². The number of hydrogen-bond donors (Lipinski definition) is 2. The average Bonchev–Trinajstić information content (AvgIpc) is 2.82. The molecular formula is C13H19N3O2. The Bertz CT molecular complexity index is 447. The quantitative estimate of drug-likeness (QED) is 0.776. The van der Waals surface area contributed by atoms with Gasteiger partial charge in [0.1, 0.15) is 0 Å². The number of H-pyrrole nitrogens is 1. The van der Waals surface area contributed by atoms with Crippen molar-refractivity contribution >= 4 is 5.91 Å². The van der Waals surface area contributed by atoms with Gasteiger partial charge in [0, 0.05) is 24.3 Å². The number of aromatic nitrogens is 2. The Morgan fingerprint density at radius 3 is 2.78 bits per heavy atom. The van der Waals surface area contributed by atoms with Gasteiger partial charge in [-0.15, -0.1) is 0 Å². The number of aliphatic hydroxyl groups excluding tert-OH is 1. The van der Waals surface area contributed by atoms with Gasteiger partial charge in [0.05, 0.1) is 6.10 Å². The van der Waals surface area contributed by atoms with E-state index in [1.165, 1.54) is 6.42 Å². The van der Waals surface area contributed by atoms with Gasteiger partial charge in [0.15, 0.2) is 5.69 Å². The lowest BCUT2D eigenvalue weighted by molar-refractivity contribution is 0.0540. The van der Waals surface area contributed by atoms with Crippen molar-refractivity contribution in [3.8, 4) is 0 Å². The van der Waals surface area contributed by atoms with Crippen LogP contribution in [0.5, 0.6) is 0 Å². The van der Waals surface area contributed by atoms with Crippen molar-refractivity contribution in [2.24, 2.45) is 0 Å². The zero-order valence-corrected chi connectivity index (χ0v) is 10.5. The maximum absolute atomic E-state index is 12.4. The molecule has 2 heterocycles. The summed E-state index contributed by atoms with van der Waals surface area (Å²) in [7, 11) is 0. The number of aromatic amines is 1. The first-order valence-electron chi connectivity index (χ1n) is 6.79. The first-order valence-corrected chi connectivity index (χ1v) is 6.79. The van der Waals surface area contributed by atoms with Crippen LogP contribution in [0.2, 0.25) is 0 Å². The van der Waals surface area contributed by atoms with Gasteiger partial charge in [-0.05, 0) is 38.5 Å². The van der Waals surface area contributed by atoms with Gasteiger partial charge < -0.3 is 10.0 Å². The summed E-state index contributed by atoms with van der Waals surface area (Å²) in [6.07, 6.45) is 5.40. The van der Waals surface area contributed by atoms with Gasteiger partial charge in [0.2, 0.25) is 0 Å². The number of carbonyl (C=O) groups is 1. The summed E-state index contributed by atoms with van der Waals surface area (Å²) in [5.74, 6) is 0.0290. The molecule has 0 aromatic carbocycles. The molecule has 1 aliphatic heterocycles. The molecule has 5 heteroatoms. The maximum atomic E-state index is 12.4. The number of rotatable bonds is 1. The summed E-state index contributed by atoms with van der Waals surface area (Å²) in [5, 5.41) is 16.7. The number of nitrogens with zero attached hydrogens (tertiary/aromatic N) is 2. The third-order valence-corrected chi connectivity index (χ3v) is 4.01. The standard InChI is InChI=1S/C13H19N3O2/c17-9-5-7-16(8-6-9)13(18)12-10-3-1-2-4-11(10)14-15-12/h9,17H,1-8H2,(H,14,15). The van der Waals surface area contributed by atoms with Crippen LogP contribution in [-0.2, 0) is 12.8 Å². The average molecular weight is 249 g/mol. The molecule has 1 aromatic heterocycles. The fourth-order valence-corrected chi connectivity index (χ4v) is 2.88. The van der Waals surface area contributed by atoms with E-state index in [1.54, 1.807) is 0 Å². The highest BCUT2D eigenvalue weighted by Gasteiger charge is 2.27. The van der Waals surface area contributed by atoms with E-state index < -0.39 is 0 Å². The number of fused-ring (bicyclic) bond motifs is 1. The Labute approximate surface area is 106 Å². The predicted octanol–water partition coefficient (Wildman–Crippen LogP) is 0.885. The third kappa shape index (κ3) is 2.03. The van der Waals surface area contributed by atoms with E-state index in [-0.39, 0.29) is 12.0 Å². The highest BCUT2D eigenvalue weighted by molar-refractivity contribution is 5.94. The second-order valence-corrected chi connectivity index (χ2v) is 5.26. The Morgan fingerprint density at radius 2 is 2.00 bits per heavy atom. The number of aryl methyl sites for hydroxylation is 1. The van der Waals surface area contributed by atoms with Crippen molar-refractivity contribution in [1.82, 2.24) is 15.1 Å². The predicted molar refractivity (Wildman–Crippen MR) is 66.4 cm³/mol. The SMILES string of the molecule is O=C(c1n[nH]c2c1CCCC2)N1CCC(O)CC1. The first-order chi connectivity index (χ1) is 8.75. The number of piperidine rings is 1. The lowest BCUT2D eigenvalue weighted by Crippen LogP contribution is -2.40. The molecule has 98 valence electrons. The van der Waals surface area contributed by atoms with E-state index in [1.807, 2.05) is 4.90 Å². The van der Waals surface area contributed by atoms with Crippen molar-refractivity contribution in [2.75, 3.05) is 13.1 Å². The van der Waals surface area contributed by atoms with Gasteiger partial charge in [0.25, 0.3) is 5.91 Å². The normalized spacial score (nSPS) is 20.8. The molecule has 0 saturated carbocycles. The van der Waals surface area contributed by atoms with Crippen LogP contribution in [0.25, 0.3) is 0 Å². The van der Waals surface area contributed by atoms with Crippen molar-refractivity contribution < 1.29 is 9.90 Å². The van der Waals surface area contributed by atoms with Crippen LogP contribution in [0.3, 0.4) is 0 Å². The number of carbonyl (C=O) groups excluding carboxylic acids is 1. The van der Waals surface area contributed by atoms with Crippen LogP contribution < -0.4 is 0 Å². The summed E-state index contributed by atoms with van der Waals surface area (Å²) >= 11 is 0. The summed E-state index contributed by atoms with van der Waals surface area (Å²) in [4.78, 5) is 14.2. The van der Waals surface area contributed by atoms with Gasteiger partial charge in [-0.3, -0.25) is 9.89 Å². The van der Waals surface area contributed by atoms with E-state index in [4.69, 9.17) is 0 Å². The number of hydrogen-bond acceptors (Lipinski definition) is 3. The highest BCUT2D eigenvalue weighted by Crippen LogP contribution is 2.24. The van der Waals surface area contributed by atoms with E-state index in [0.717, 1.165) is 30.5 Å². The minimum atomic E-state index is -0.248. The van der Waals surface area contributed by atoms with Crippen LogP contribution in [0, 0.1) is 0 Å². The molecule has 0 unspecified atom stereocenters. The minimum Gasteiger partial charge on any atom is -0.393 e. The second-order valence-electron chi connectivity index (χ2n) is 5.26. The smallest absolute Gasteiger partial charge is 0.274 e. The number of nitrogens with one attached hydrogen (secondary N) is 1. The van der Waals surface area contributed by atoms with Crippen LogP contribution in [0.15, 0.2) is 0 Å². The molecule has 0 radical (unpaired) electrons. The third-order valence-electron chi connectivity index (χ3n) is 4.01. The van der Waals surface area contributed by atoms with E-state index in [9.17, 15) is 9.90 Å². The molecule has 1 fully saturated rings. The number of aliphatic hydroxyl groups is 1. The van der Waals surface area contributed by atoms with Gasteiger partial charge in [-0.2, -0.15) is 5.10 Å². The van der Waals surface area contributed by atoms with E-state index >= 15 is 0 Å². The summed E-state index contributed by atoms with van der Waals surface area (Å²) in [5.41, 5.74) is 2.88. The molecule has 1 saturated heterocycles. The van der Waals surface area contributed by atoms with Crippen LogP contribution in [-0.4, -0.2) is 45.3 Å². The largest absolute Gasteiger partial charge is 0.393 e. The minimum absolute atomic E-state index is 0.0290. The van der Waals surface area contributed by atoms with Crippen LogP contribution in [0.4, 0.5) is 0 Å². The molecule has 1 amide bonds. The molecule has 2 N–H and O–H groups in total. The lowest BCUT2D eigenvalue weighted by Gasteiger charge is -2.29. The van der Waals surface area contributed by atoms with E-state index in [0.29, 0.717) is 31.6 Å². The molecule has 1 aromatic rings. The Hall–Kier alpha value is -1.36. The molecule has 3 rings (SSSR count). The molecule has 5 nitrogen and oxygen atoms in total. The maximum Gasteiger partial charge on any atom is 0.274 e. The zero-order chi connectivity index (χ0) is 12.5. The number of amides is 1. The van der Waals surface area contributed by atoms with Crippen molar-refractivity contribution in [2.45, 2.75) is 44.6 Å². The first kappa shape index (κ1) is 11.7. The summed E-state index contributed by atoms with van der Waals surface area (Å²) in [6, 6.07) is 0. The zero-order valence-electron chi connectivity index (χ0n) is 10.5. The van der Waals surface area contributed by atoms with Crippen LogP contribution >= 0.6 is 0 Å². The van der Waals surface area contributed by atoms with Gasteiger partial charge >= 0.3 is 0 Å². The van der Waals surface area contributed by atoms with Crippen molar-refractivity contribution in [1.29, 1.82) is 0 Å². The molecular weight excluding hydrogens is 230 g/mol. The monoisotopic (exact) mass is 249 g/mol. The molecule has 0 bridgehead atoms. The summed E-state index contributed by atoms with van der Waals surface area (Å²) < 4.78 is 0. The molecule has 0 atom stereocenters. The molecule has 0 spiro atoms. The second kappa shape index (κ2) is 4.72.